The molecule has 0 spiro atoms. The van der Waals surface area contributed by atoms with E-state index in [2.05, 4.69) is 58.5 Å². The molecule has 2 aromatic carbocycles. The molecule has 1 N–H and O–H groups in total. The SMILES string of the molecule is CC(NCc1ccc2c(c1)OCO2)c1ccc(Br)cc1. The van der Waals surface area contributed by atoms with E-state index in [0.717, 1.165) is 22.5 Å². The quantitative estimate of drug-likeness (QED) is 0.916. The van der Waals surface area contributed by atoms with Crippen molar-refractivity contribution in [1.29, 1.82) is 0 Å². The smallest absolute Gasteiger partial charge is 0.231 e. The van der Waals surface area contributed by atoms with Crippen LogP contribution in [0.2, 0.25) is 0 Å². The van der Waals surface area contributed by atoms with E-state index < -0.39 is 0 Å². The molecule has 0 radical (unpaired) electrons. The van der Waals surface area contributed by atoms with Crippen LogP contribution in [0, 0.1) is 0 Å². The standard InChI is InChI=1S/C16H16BrNO2/c1-11(13-3-5-14(17)6-4-13)18-9-12-2-7-15-16(8-12)20-10-19-15/h2-8,11,18H,9-10H2,1H3. The van der Waals surface area contributed by atoms with Gasteiger partial charge in [-0.25, -0.2) is 0 Å². The Bertz CT molecular complexity index is 598. The zero-order valence-electron chi connectivity index (χ0n) is 11.2. The van der Waals surface area contributed by atoms with Crippen LogP contribution < -0.4 is 14.8 Å². The Labute approximate surface area is 127 Å². The summed E-state index contributed by atoms with van der Waals surface area (Å²) >= 11 is 3.45. The summed E-state index contributed by atoms with van der Waals surface area (Å²) in [5.74, 6) is 1.66. The third-order valence-electron chi connectivity index (χ3n) is 3.42. The molecule has 3 rings (SSSR count). The highest BCUT2D eigenvalue weighted by Gasteiger charge is 2.13. The average Bonchev–Trinajstić information content (AvgIpc) is 2.93. The van der Waals surface area contributed by atoms with E-state index in [4.69, 9.17) is 9.47 Å². The molecule has 1 unspecified atom stereocenters. The van der Waals surface area contributed by atoms with E-state index in [0.29, 0.717) is 12.8 Å². The summed E-state index contributed by atoms with van der Waals surface area (Å²) in [5.41, 5.74) is 2.46. The second kappa shape index (κ2) is 5.85. The summed E-state index contributed by atoms with van der Waals surface area (Å²) in [6, 6.07) is 14.7. The highest BCUT2D eigenvalue weighted by molar-refractivity contribution is 9.10. The summed E-state index contributed by atoms with van der Waals surface area (Å²) in [6.07, 6.45) is 0. The highest BCUT2D eigenvalue weighted by Crippen LogP contribution is 2.32. The molecule has 1 aliphatic heterocycles. The molecular weight excluding hydrogens is 318 g/mol. The molecule has 0 saturated heterocycles. The Hall–Kier alpha value is -1.52. The Kier molecular flexibility index (Phi) is 3.94. The van der Waals surface area contributed by atoms with Crippen molar-refractivity contribution >= 4 is 15.9 Å². The first-order chi connectivity index (χ1) is 9.72. The third kappa shape index (κ3) is 2.97. The van der Waals surface area contributed by atoms with Crippen LogP contribution in [-0.4, -0.2) is 6.79 Å². The monoisotopic (exact) mass is 333 g/mol. The van der Waals surface area contributed by atoms with Crippen LogP contribution in [0.1, 0.15) is 24.1 Å². The van der Waals surface area contributed by atoms with Crippen molar-refractivity contribution in [3.8, 4) is 11.5 Å². The van der Waals surface area contributed by atoms with Crippen molar-refractivity contribution < 1.29 is 9.47 Å². The first-order valence-electron chi connectivity index (χ1n) is 6.60. The number of rotatable bonds is 4. The fraction of sp³-hybridized carbons (Fsp3) is 0.250. The van der Waals surface area contributed by atoms with Gasteiger partial charge < -0.3 is 14.8 Å². The van der Waals surface area contributed by atoms with Gasteiger partial charge in [0.1, 0.15) is 0 Å². The molecule has 1 atom stereocenters. The van der Waals surface area contributed by atoms with Gasteiger partial charge in [-0.15, -0.1) is 0 Å². The van der Waals surface area contributed by atoms with E-state index in [1.807, 2.05) is 12.1 Å². The predicted molar refractivity (Wildman–Crippen MR) is 82.0 cm³/mol. The number of hydrogen-bond acceptors (Lipinski definition) is 3. The van der Waals surface area contributed by atoms with Gasteiger partial charge in [-0.3, -0.25) is 0 Å². The lowest BCUT2D eigenvalue weighted by Gasteiger charge is -2.14. The van der Waals surface area contributed by atoms with Gasteiger partial charge in [0.15, 0.2) is 11.5 Å². The summed E-state index contributed by atoms with van der Waals surface area (Å²) in [6.45, 7) is 3.28. The maximum Gasteiger partial charge on any atom is 0.231 e. The Morgan fingerprint density at radius 1 is 1.10 bits per heavy atom. The van der Waals surface area contributed by atoms with E-state index in [1.54, 1.807) is 0 Å². The average molecular weight is 334 g/mol. The molecule has 0 fully saturated rings. The van der Waals surface area contributed by atoms with Crippen molar-refractivity contribution in [2.45, 2.75) is 19.5 Å². The van der Waals surface area contributed by atoms with Crippen LogP contribution in [0.25, 0.3) is 0 Å². The third-order valence-corrected chi connectivity index (χ3v) is 3.95. The molecule has 1 aliphatic rings. The minimum Gasteiger partial charge on any atom is -0.454 e. The van der Waals surface area contributed by atoms with Gasteiger partial charge in [0.05, 0.1) is 0 Å². The lowest BCUT2D eigenvalue weighted by Crippen LogP contribution is -2.17. The lowest BCUT2D eigenvalue weighted by atomic mass is 10.1. The molecule has 0 saturated carbocycles. The minimum atomic E-state index is 0.300. The van der Waals surface area contributed by atoms with E-state index in [1.165, 1.54) is 11.1 Å². The van der Waals surface area contributed by atoms with Crippen molar-refractivity contribution in [2.75, 3.05) is 6.79 Å². The van der Waals surface area contributed by atoms with Gasteiger partial charge in [-0.1, -0.05) is 34.1 Å². The van der Waals surface area contributed by atoms with Gasteiger partial charge >= 0.3 is 0 Å². The molecule has 2 aromatic rings. The van der Waals surface area contributed by atoms with E-state index in [-0.39, 0.29) is 0 Å². The highest BCUT2D eigenvalue weighted by atomic mass is 79.9. The van der Waals surface area contributed by atoms with Crippen LogP contribution in [0.3, 0.4) is 0 Å². The van der Waals surface area contributed by atoms with Crippen LogP contribution in [-0.2, 0) is 6.54 Å². The Balaban J connectivity index is 1.63. The summed E-state index contributed by atoms with van der Waals surface area (Å²) in [5, 5.41) is 3.51. The first-order valence-corrected chi connectivity index (χ1v) is 7.39. The molecule has 1 heterocycles. The zero-order valence-corrected chi connectivity index (χ0v) is 12.8. The van der Waals surface area contributed by atoms with Crippen LogP contribution in [0.4, 0.5) is 0 Å². The first kappa shape index (κ1) is 13.5. The maximum atomic E-state index is 5.39. The van der Waals surface area contributed by atoms with E-state index in [9.17, 15) is 0 Å². The number of nitrogens with one attached hydrogen (secondary N) is 1. The summed E-state index contributed by atoms with van der Waals surface area (Å²) in [7, 11) is 0. The molecule has 0 aliphatic carbocycles. The molecule has 104 valence electrons. The molecule has 20 heavy (non-hydrogen) atoms. The molecule has 0 amide bonds. The Morgan fingerprint density at radius 2 is 1.85 bits per heavy atom. The van der Waals surface area contributed by atoms with Crippen molar-refractivity contribution in [3.63, 3.8) is 0 Å². The van der Waals surface area contributed by atoms with Crippen LogP contribution in [0.15, 0.2) is 46.9 Å². The van der Waals surface area contributed by atoms with Gasteiger partial charge in [0.25, 0.3) is 0 Å². The number of benzene rings is 2. The molecule has 4 heteroatoms. The van der Waals surface area contributed by atoms with Gasteiger partial charge in [0, 0.05) is 17.1 Å². The van der Waals surface area contributed by atoms with Crippen molar-refractivity contribution in [2.24, 2.45) is 0 Å². The summed E-state index contributed by atoms with van der Waals surface area (Å²) < 4.78 is 11.8. The summed E-state index contributed by atoms with van der Waals surface area (Å²) in [4.78, 5) is 0. The van der Waals surface area contributed by atoms with Crippen molar-refractivity contribution in [1.82, 2.24) is 5.32 Å². The minimum absolute atomic E-state index is 0.300. The molecule has 0 aromatic heterocycles. The topological polar surface area (TPSA) is 30.5 Å². The lowest BCUT2D eigenvalue weighted by molar-refractivity contribution is 0.174. The van der Waals surface area contributed by atoms with Crippen LogP contribution in [0.5, 0.6) is 11.5 Å². The Morgan fingerprint density at radius 3 is 2.65 bits per heavy atom. The number of ether oxygens (including phenoxy) is 2. The fourth-order valence-electron chi connectivity index (χ4n) is 2.19. The largest absolute Gasteiger partial charge is 0.454 e. The molecule has 0 bridgehead atoms. The maximum absolute atomic E-state index is 5.39. The fourth-order valence-corrected chi connectivity index (χ4v) is 2.46. The molecular formula is C16H16BrNO2. The van der Waals surface area contributed by atoms with Gasteiger partial charge in [0.2, 0.25) is 6.79 Å². The second-order valence-corrected chi connectivity index (χ2v) is 5.76. The normalized spacial score (nSPS) is 14.3. The molecule has 3 nitrogen and oxygen atoms in total. The predicted octanol–water partition coefficient (Wildman–Crippen LogP) is 4.03. The van der Waals surface area contributed by atoms with Crippen molar-refractivity contribution in [3.05, 3.63) is 58.1 Å². The zero-order chi connectivity index (χ0) is 13.9. The van der Waals surface area contributed by atoms with E-state index >= 15 is 0 Å². The van der Waals surface area contributed by atoms with Gasteiger partial charge in [-0.2, -0.15) is 0 Å². The van der Waals surface area contributed by atoms with Crippen LogP contribution >= 0.6 is 15.9 Å². The number of hydrogen-bond donors (Lipinski definition) is 1. The number of halogens is 1. The number of fused-ring (bicyclic) bond motifs is 1. The second-order valence-electron chi connectivity index (χ2n) is 4.84. The van der Waals surface area contributed by atoms with Gasteiger partial charge in [-0.05, 0) is 42.3 Å².